The highest BCUT2D eigenvalue weighted by Gasteiger charge is 2.31. The summed E-state index contributed by atoms with van der Waals surface area (Å²) in [6.07, 6.45) is 6.15. The van der Waals surface area contributed by atoms with Gasteiger partial charge in [0.1, 0.15) is 17.3 Å². The minimum Gasteiger partial charge on any atom is -0.388 e. The Morgan fingerprint density at radius 1 is 1.41 bits per heavy atom. The van der Waals surface area contributed by atoms with Crippen molar-refractivity contribution in [3.8, 4) is 0 Å². The molecule has 1 fully saturated rings. The summed E-state index contributed by atoms with van der Waals surface area (Å²) >= 11 is 6.01. The summed E-state index contributed by atoms with van der Waals surface area (Å²) in [5, 5.41) is 13.9. The Morgan fingerprint density at radius 2 is 2.12 bits per heavy atom. The third-order valence-electron chi connectivity index (χ3n) is 3.37. The molecule has 5 heteroatoms. The first-order valence-corrected chi connectivity index (χ1v) is 6.48. The van der Waals surface area contributed by atoms with E-state index in [2.05, 4.69) is 15.3 Å². The van der Waals surface area contributed by atoms with Gasteiger partial charge in [-0.2, -0.15) is 0 Å². The molecule has 0 radical (unpaired) electrons. The van der Waals surface area contributed by atoms with E-state index in [1.54, 1.807) is 0 Å². The van der Waals surface area contributed by atoms with E-state index in [1.807, 2.05) is 6.92 Å². The quantitative estimate of drug-likeness (QED) is 0.812. The van der Waals surface area contributed by atoms with Crippen LogP contribution in [0.1, 0.15) is 38.2 Å². The number of aliphatic hydroxyl groups is 1. The summed E-state index contributed by atoms with van der Waals surface area (Å²) in [4.78, 5) is 8.14. The Labute approximate surface area is 106 Å². The molecule has 2 rings (SSSR count). The number of halogens is 1. The molecule has 1 aromatic heterocycles. The Morgan fingerprint density at radius 3 is 2.76 bits per heavy atom. The summed E-state index contributed by atoms with van der Waals surface area (Å²) in [6.45, 7) is 2.55. The smallest absolute Gasteiger partial charge is 0.137 e. The molecule has 0 spiro atoms. The summed E-state index contributed by atoms with van der Waals surface area (Å²) < 4.78 is 0. The van der Waals surface area contributed by atoms with Crippen molar-refractivity contribution >= 4 is 17.4 Å². The van der Waals surface area contributed by atoms with Gasteiger partial charge in [-0.15, -0.1) is 0 Å². The van der Waals surface area contributed by atoms with E-state index in [4.69, 9.17) is 11.6 Å². The van der Waals surface area contributed by atoms with Crippen LogP contribution in [0.2, 0.25) is 5.15 Å². The lowest BCUT2D eigenvalue weighted by Gasteiger charge is -2.23. The van der Waals surface area contributed by atoms with E-state index < -0.39 is 5.60 Å². The number of hydrogen-bond acceptors (Lipinski definition) is 4. The first-order valence-electron chi connectivity index (χ1n) is 6.10. The molecule has 0 unspecified atom stereocenters. The standard InChI is InChI=1S/C12H18ClN3O/c1-2-9-10(13)15-8-16-11(9)14-7-12(17)5-3-4-6-12/h8,17H,2-7H2,1H3,(H,14,15,16). The first kappa shape index (κ1) is 12.6. The van der Waals surface area contributed by atoms with Crippen LogP contribution in [-0.4, -0.2) is 27.2 Å². The monoisotopic (exact) mass is 255 g/mol. The first-order chi connectivity index (χ1) is 8.14. The lowest BCUT2D eigenvalue weighted by molar-refractivity contribution is 0.0614. The molecule has 17 heavy (non-hydrogen) atoms. The van der Waals surface area contributed by atoms with Gasteiger partial charge in [-0.25, -0.2) is 9.97 Å². The molecule has 1 aromatic rings. The molecule has 1 heterocycles. The Hall–Kier alpha value is -0.870. The molecule has 0 bridgehead atoms. The van der Waals surface area contributed by atoms with Crippen LogP contribution in [0.5, 0.6) is 0 Å². The van der Waals surface area contributed by atoms with Gasteiger partial charge >= 0.3 is 0 Å². The zero-order chi connectivity index (χ0) is 12.3. The molecule has 0 amide bonds. The summed E-state index contributed by atoms with van der Waals surface area (Å²) in [6, 6.07) is 0. The molecule has 0 saturated heterocycles. The highest BCUT2D eigenvalue weighted by Crippen LogP contribution is 2.30. The van der Waals surface area contributed by atoms with Crippen molar-refractivity contribution < 1.29 is 5.11 Å². The average Bonchev–Trinajstić information content (AvgIpc) is 2.74. The molecule has 1 aliphatic carbocycles. The zero-order valence-electron chi connectivity index (χ0n) is 10.0. The molecule has 1 aliphatic rings. The van der Waals surface area contributed by atoms with Crippen LogP contribution in [0, 0.1) is 0 Å². The second-order valence-electron chi connectivity index (χ2n) is 4.63. The Balaban J connectivity index is 2.06. The van der Waals surface area contributed by atoms with Gasteiger partial charge in [0, 0.05) is 12.1 Å². The molecule has 0 aromatic carbocycles. The van der Waals surface area contributed by atoms with Gasteiger partial charge in [0.2, 0.25) is 0 Å². The molecule has 1 saturated carbocycles. The molecule has 0 aliphatic heterocycles. The van der Waals surface area contributed by atoms with Crippen LogP contribution >= 0.6 is 11.6 Å². The predicted molar refractivity (Wildman–Crippen MR) is 68.3 cm³/mol. The third-order valence-corrected chi connectivity index (χ3v) is 3.69. The van der Waals surface area contributed by atoms with E-state index in [-0.39, 0.29) is 0 Å². The SMILES string of the molecule is CCc1c(Cl)ncnc1NCC1(O)CCCC1. The maximum absolute atomic E-state index is 10.2. The summed E-state index contributed by atoms with van der Waals surface area (Å²) in [7, 11) is 0. The van der Waals surface area contributed by atoms with Crippen molar-refractivity contribution in [2.75, 3.05) is 11.9 Å². The molecule has 0 atom stereocenters. The van der Waals surface area contributed by atoms with Crippen molar-refractivity contribution in [3.63, 3.8) is 0 Å². The highest BCUT2D eigenvalue weighted by molar-refractivity contribution is 6.30. The Kier molecular flexibility index (Phi) is 3.84. The third kappa shape index (κ3) is 2.87. The normalized spacial score (nSPS) is 18.3. The van der Waals surface area contributed by atoms with E-state index in [9.17, 15) is 5.11 Å². The predicted octanol–water partition coefficient (Wildman–Crippen LogP) is 2.41. The van der Waals surface area contributed by atoms with Gasteiger partial charge in [0.15, 0.2) is 0 Å². The number of hydrogen-bond donors (Lipinski definition) is 2. The van der Waals surface area contributed by atoms with Gasteiger partial charge in [0.05, 0.1) is 5.60 Å². The summed E-state index contributed by atoms with van der Waals surface area (Å²) in [5.74, 6) is 0.743. The number of nitrogens with zero attached hydrogens (tertiary/aromatic N) is 2. The topological polar surface area (TPSA) is 58.0 Å². The van der Waals surface area contributed by atoms with Crippen molar-refractivity contribution in [1.29, 1.82) is 0 Å². The Bertz CT molecular complexity index is 391. The largest absolute Gasteiger partial charge is 0.388 e. The lowest BCUT2D eigenvalue weighted by Crippen LogP contribution is -2.34. The van der Waals surface area contributed by atoms with Gasteiger partial charge in [0.25, 0.3) is 0 Å². The molecule has 94 valence electrons. The van der Waals surface area contributed by atoms with E-state index in [1.165, 1.54) is 6.33 Å². The van der Waals surface area contributed by atoms with Crippen LogP contribution in [0.3, 0.4) is 0 Å². The van der Waals surface area contributed by atoms with Gasteiger partial charge in [-0.05, 0) is 19.3 Å². The van der Waals surface area contributed by atoms with Crippen LogP contribution in [0.4, 0.5) is 5.82 Å². The van der Waals surface area contributed by atoms with Crippen molar-refractivity contribution in [1.82, 2.24) is 9.97 Å². The molecular weight excluding hydrogens is 238 g/mol. The maximum Gasteiger partial charge on any atom is 0.137 e. The number of nitrogens with one attached hydrogen (secondary N) is 1. The van der Waals surface area contributed by atoms with Gasteiger partial charge in [-0.1, -0.05) is 31.4 Å². The fourth-order valence-corrected chi connectivity index (χ4v) is 2.58. The molecule has 4 nitrogen and oxygen atoms in total. The molecule has 2 N–H and O–H groups in total. The fraction of sp³-hybridized carbons (Fsp3) is 0.667. The van der Waals surface area contributed by atoms with Gasteiger partial charge in [-0.3, -0.25) is 0 Å². The zero-order valence-corrected chi connectivity index (χ0v) is 10.8. The lowest BCUT2D eigenvalue weighted by atomic mass is 10.0. The fourth-order valence-electron chi connectivity index (χ4n) is 2.31. The average molecular weight is 256 g/mol. The van der Waals surface area contributed by atoms with Crippen LogP contribution in [-0.2, 0) is 6.42 Å². The van der Waals surface area contributed by atoms with Crippen LogP contribution in [0.25, 0.3) is 0 Å². The second kappa shape index (κ2) is 5.19. The number of rotatable bonds is 4. The molecular formula is C12H18ClN3O. The van der Waals surface area contributed by atoms with E-state index in [0.29, 0.717) is 11.7 Å². The number of aromatic nitrogens is 2. The van der Waals surface area contributed by atoms with Crippen molar-refractivity contribution in [3.05, 3.63) is 17.0 Å². The van der Waals surface area contributed by atoms with E-state index >= 15 is 0 Å². The van der Waals surface area contributed by atoms with Gasteiger partial charge < -0.3 is 10.4 Å². The second-order valence-corrected chi connectivity index (χ2v) is 4.99. The van der Waals surface area contributed by atoms with Crippen LogP contribution < -0.4 is 5.32 Å². The minimum absolute atomic E-state index is 0.489. The summed E-state index contributed by atoms with van der Waals surface area (Å²) in [5.41, 5.74) is 0.332. The highest BCUT2D eigenvalue weighted by atomic mass is 35.5. The van der Waals surface area contributed by atoms with Crippen molar-refractivity contribution in [2.24, 2.45) is 0 Å². The van der Waals surface area contributed by atoms with E-state index in [0.717, 1.165) is 43.5 Å². The number of anilines is 1. The van der Waals surface area contributed by atoms with Crippen molar-refractivity contribution in [2.45, 2.75) is 44.6 Å². The minimum atomic E-state index is -0.581. The maximum atomic E-state index is 10.2. The van der Waals surface area contributed by atoms with Crippen LogP contribution in [0.15, 0.2) is 6.33 Å².